The van der Waals surface area contributed by atoms with Crippen LogP contribution < -0.4 is 9.46 Å². The molecule has 0 saturated carbocycles. The number of hydrogen-bond donors (Lipinski definition) is 1. The second kappa shape index (κ2) is 8.51. The number of nitrogens with zero attached hydrogens (tertiary/aromatic N) is 1. The predicted octanol–water partition coefficient (Wildman–Crippen LogP) is 4.45. The van der Waals surface area contributed by atoms with Crippen molar-refractivity contribution in [2.45, 2.75) is 11.8 Å². The Morgan fingerprint density at radius 3 is 2.52 bits per heavy atom. The van der Waals surface area contributed by atoms with E-state index in [-0.39, 0.29) is 4.90 Å². The molecule has 3 rings (SSSR count). The van der Waals surface area contributed by atoms with Gasteiger partial charge in [-0.25, -0.2) is 8.42 Å². The first-order chi connectivity index (χ1) is 13.1. The van der Waals surface area contributed by atoms with Crippen LogP contribution in [-0.4, -0.2) is 20.0 Å². The molecule has 0 aliphatic rings. The van der Waals surface area contributed by atoms with E-state index in [0.717, 1.165) is 11.3 Å². The van der Waals surface area contributed by atoms with E-state index in [0.29, 0.717) is 18.0 Å². The Hall–Kier alpha value is -3.12. The molecule has 5 nitrogen and oxygen atoms in total. The summed E-state index contributed by atoms with van der Waals surface area (Å²) in [7, 11) is -3.67. The maximum absolute atomic E-state index is 12.6. The SMILES string of the molecule is CCOc1ccc(S(=O)(=O)Nc2cccc(/C=C/c3ccccn3)c2)cc1. The highest BCUT2D eigenvalue weighted by Gasteiger charge is 2.14. The molecule has 0 atom stereocenters. The third-order valence-electron chi connectivity index (χ3n) is 3.72. The van der Waals surface area contributed by atoms with Crippen molar-refractivity contribution in [1.29, 1.82) is 0 Å². The Labute approximate surface area is 159 Å². The fraction of sp³-hybridized carbons (Fsp3) is 0.0952. The Balaban J connectivity index is 1.75. The molecule has 1 aromatic heterocycles. The molecule has 0 fully saturated rings. The maximum Gasteiger partial charge on any atom is 0.261 e. The molecule has 27 heavy (non-hydrogen) atoms. The third-order valence-corrected chi connectivity index (χ3v) is 5.12. The van der Waals surface area contributed by atoms with Crippen LogP contribution in [0.3, 0.4) is 0 Å². The lowest BCUT2D eigenvalue weighted by atomic mass is 10.2. The van der Waals surface area contributed by atoms with E-state index in [1.807, 2.05) is 43.3 Å². The molecule has 0 saturated heterocycles. The van der Waals surface area contributed by atoms with Crippen LogP contribution in [0, 0.1) is 0 Å². The summed E-state index contributed by atoms with van der Waals surface area (Å²) in [4.78, 5) is 4.41. The van der Waals surface area contributed by atoms with Gasteiger partial charge in [-0.1, -0.05) is 24.3 Å². The van der Waals surface area contributed by atoms with Gasteiger partial charge in [0.2, 0.25) is 0 Å². The van der Waals surface area contributed by atoms with Crippen LogP contribution in [0.4, 0.5) is 5.69 Å². The van der Waals surface area contributed by atoms with Gasteiger partial charge in [0.05, 0.1) is 17.2 Å². The number of rotatable bonds is 7. The van der Waals surface area contributed by atoms with Crippen molar-refractivity contribution >= 4 is 27.9 Å². The normalized spacial score (nSPS) is 11.4. The zero-order valence-corrected chi connectivity index (χ0v) is 15.7. The minimum absolute atomic E-state index is 0.181. The third kappa shape index (κ3) is 5.18. The number of hydrogen-bond acceptors (Lipinski definition) is 4. The molecule has 1 heterocycles. The van der Waals surface area contributed by atoms with Gasteiger partial charge in [0, 0.05) is 11.9 Å². The van der Waals surface area contributed by atoms with Crippen LogP contribution in [0.1, 0.15) is 18.2 Å². The van der Waals surface area contributed by atoms with Gasteiger partial charge in [0.1, 0.15) is 5.75 Å². The van der Waals surface area contributed by atoms with E-state index in [2.05, 4.69) is 9.71 Å². The molecule has 0 radical (unpaired) electrons. The fourth-order valence-corrected chi connectivity index (χ4v) is 3.51. The molecule has 0 unspecified atom stereocenters. The minimum Gasteiger partial charge on any atom is -0.494 e. The first-order valence-electron chi connectivity index (χ1n) is 8.52. The van der Waals surface area contributed by atoms with Crippen molar-refractivity contribution in [1.82, 2.24) is 4.98 Å². The quantitative estimate of drug-likeness (QED) is 0.657. The first-order valence-corrected chi connectivity index (χ1v) is 10.00. The Kier molecular flexibility index (Phi) is 5.88. The zero-order chi connectivity index (χ0) is 19.1. The van der Waals surface area contributed by atoms with Crippen molar-refractivity contribution < 1.29 is 13.2 Å². The molecular formula is C21H20N2O3S. The molecule has 0 aliphatic heterocycles. The number of benzene rings is 2. The Bertz CT molecular complexity index is 1010. The van der Waals surface area contributed by atoms with Gasteiger partial charge >= 0.3 is 0 Å². The highest BCUT2D eigenvalue weighted by Crippen LogP contribution is 2.20. The molecule has 138 valence electrons. The Morgan fingerprint density at radius 2 is 1.81 bits per heavy atom. The second-order valence-corrected chi connectivity index (χ2v) is 7.41. The molecule has 0 bridgehead atoms. The average Bonchev–Trinajstić information content (AvgIpc) is 2.68. The zero-order valence-electron chi connectivity index (χ0n) is 14.9. The Morgan fingerprint density at radius 1 is 1.00 bits per heavy atom. The largest absolute Gasteiger partial charge is 0.494 e. The highest BCUT2D eigenvalue weighted by atomic mass is 32.2. The molecule has 6 heteroatoms. The molecule has 1 N–H and O–H groups in total. The van der Waals surface area contributed by atoms with Crippen LogP contribution in [0.25, 0.3) is 12.2 Å². The van der Waals surface area contributed by atoms with Crippen LogP contribution in [0.2, 0.25) is 0 Å². The minimum atomic E-state index is -3.67. The number of nitrogens with one attached hydrogen (secondary N) is 1. The molecule has 0 amide bonds. The van der Waals surface area contributed by atoms with E-state index in [4.69, 9.17) is 4.74 Å². The summed E-state index contributed by atoms with van der Waals surface area (Å²) >= 11 is 0. The van der Waals surface area contributed by atoms with Crippen molar-refractivity contribution in [3.05, 3.63) is 84.2 Å². The standard InChI is InChI=1S/C21H20N2O3S/c1-2-26-20-11-13-21(14-12-20)27(24,25)23-19-8-5-6-17(16-19)9-10-18-7-3-4-15-22-18/h3-16,23H,2H2,1H3/b10-9+. The van der Waals surface area contributed by atoms with Gasteiger partial charge < -0.3 is 4.74 Å². The fourth-order valence-electron chi connectivity index (χ4n) is 2.46. The van der Waals surface area contributed by atoms with E-state index in [1.165, 1.54) is 12.1 Å². The summed E-state index contributed by atoms with van der Waals surface area (Å²) in [5.41, 5.74) is 2.19. The van der Waals surface area contributed by atoms with E-state index < -0.39 is 10.0 Å². The smallest absolute Gasteiger partial charge is 0.261 e. The second-order valence-electron chi connectivity index (χ2n) is 5.72. The predicted molar refractivity (Wildman–Crippen MR) is 108 cm³/mol. The van der Waals surface area contributed by atoms with Gasteiger partial charge in [-0.2, -0.15) is 0 Å². The van der Waals surface area contributed by atoms with Gasteiger partial charge in [0.15, 0.2) is 0 Å². The summed E-state index contributed by atoms with van der Waals surface area (Å²) in [5, 5.41) is 0. The van der Waals surface area contributed by atoms with Crippen molar-refractivity contribution in [3.63, 3.8) is 0 Å². The summed E-state index contributed by atoms with van der Waals surface area (Å²) < 4.78 is 33.1. The lowest BCUT2D eigenvalue weighted by Gasteiger charge is -2.09. The summed E-state index contributed by atoms with van der Waals surface area (Å²) in [6.07, 6.45) is 5.48. The number of anilines is 1. The van der Waals surface area contributed by atoms with Gasteiger partial charge in [-0.15, -0.1) is 0 Å². The summed E-state index contributed by atoms with van der Waals surface area (Å²) in [5.74, 6) is 0.637. The monoisotopic (exact) mass is 380 g/mol. The van der Waals surface area contributed by atoms with Crippen LogP contribution in [0.5, 0.6) is 5.75 Å². The van der Waals surface area contributed by atoms with E-state index in [1.54, 1.807) is 36.5 Å². The van der Waals surface area contributed by atoms with Crippen LogP contribution in [-0.2, 0) is 10.0 Å². The molecule has 3 aromatic rings. The van der Waals surface area contributed by atoms with Gasteiger partial charge in [-0.3, -0.25) is 9.71 Å². The van der Waals surface area contributed by atoms with Crippen molar-refractivity contribution in [2.24, 2.45) is 0 Å². The topological polar surface area (TPSA) is 68.3 Å². The maximum atomic E-state index is 12.6. The molecule has 0 aliphatic carbocycles. The number of aromatic nitrogens is 1. The highest BCUT2D eigenvalue weighted by molar-refractivity contribution is 7.92. The van der Waals surface area contributed by atoms with Crippen LogP contribution >= 0.6 is 0 Å². The molecule has 2 aromatic carbocycles. The summed E-state index contributed by atoms with van der Waals surface area (Å²) in [6.45, 7) is 2.41. The van der Waals surface area contributed by atoms with Gasteiger partial charge in [0.25, 0.3) is 10.0 Å². The van der Waals surface area contributed by atoms with E-state index >= 15 is 0 Å². The van der Waals surface area contributed by atoms with Crippen molar-refractivity contribution in [2.75, 3.05) is 11.3 Å². The lowest BCUT2D eigenvalue weighted by molar-refractivity contribution is 0.340. The molecule has 0 spiro atoms. The average molecular weight is 380 g/mol. The first kappa shape index (κ1) is 18.7. The molecular weight excluding hydrogens is 360 g/mol. The lowest BCUT2D eigenvalue weighted by Crippen LogP contribution is -2.12. The number of pyridine rings is 1. The summed E-state index contributed by atoms with van der Waals surface area (Å²) in [6, 6.07) is 19.2. The van der Waals surface area contributed by atoms with E-state index in [9.17, 15) is 8.42 Å². The van der Waals surface area contributed by atoms with Crippen molar-refractivity contribution in [3.8, 4) is 5.75 Å². The van der Waals surface area contributed by atoms with Crippen LogP contribution in [0.15, 0.2) is 77.8 Å². The number of sulfonamides is 1. The number of ether oxygens (including phenoxy) is 1. The van der Waals surface area contributed by atoms with Gasteiger partial charge in [-0.05, 0) is 67.1 Å².